The largest absolute Gasteiger partial charge is 0.497 e. The van der Waals surface area contributed by atoms with Crippen molar-refractivity contribution >= 4 is 28.7 Å². The standard InChI is InChI=1S/C19H17N3O3/c1-24-14-8-9-17(18(11-14)25-2)22-19(23)10-7-13-12-20-15-5-3-4-6-16(15)21-13/h3-12H,1-2H3,(H,22,23). The fourth-order valence-corrected chi connectivity index (χ4v) is 2.29. The highest BCUT2D eigenvalue weighted by atomic mass is 16.5. The number of carbonyl (C=O) groups excluding carboxylic acids is 1. The van der Waals surface area contributed by atoms with Crippen molar-refractivity contribution in [2.75, 3.05) is 19.5 Å². The summed E-state index contributed by atoms with van der Waals surface area (Å²) in [5.74, 6) is 0.877. The second-order valence-electron chi connectivity index (χ2n) is 5.17. The molecule has 1 N–H and O–H groups in total. The Bertz CT molecular complexity index is 938. The van der Waals surface area contributed by atoms with Gasteiger partial charge in [-0.2, -0.15) is 0 Å². The summed E-state index contributed by atoms with van der Waals surface area (Å²) in [6.45, 7) is 0. The molecule has 6 heteroatoms. The van der Waals surface area contributed by atoms with Gasteiger partial charge in [-0.15, -0.1) is 0 Å². The summed E-state index contributed by atoms with van der Waals surface area (Å²) in [7, 11) is 3.10. The molecule has 0 fully saturated rings. The van der Waals surface area contributed by atoms with E-state index in [0.29, 0.717) is 22.9 Å². The van der Waals surface area contributed by atoms with Gasteiger partial charge in [0, 0.05) is 12.1 Å². The average molecular weight is 335 g/mol. The lowest BCUT2D eigenvalue weighted by molar-refractivity contribution is -0.111. The van der Waals surface area contributed by atoms with E-state index < -0.39 is 0 Å². The summed E-state index contributed by atoms with van der Waals surface area (Å²) in [6, 6.07) is 12.7. The molecule has 126 valence electrons. The number of benzene rings is 2. The molecule has 0 aliphatic heterocycles. The summed E-state index contributed by atoms with van der Waals surface area (Å²) >= 11 is 0. The zero-order chi connectivity index (χ0) is 17.6. The van der Waals surface area contributed by atoms with E-state index in [2.05, 4.69) is 15.3 Å². The Hall–Kier alpha value is -3.41. The van der Waals surface area contributed by atoms with E-state index in [1.165, 1.54) is 13.2 Å². The highest BCUT2D eigenvalue weighted by Gasteiger charge is 2.07. The molecule has 25 heavy (non-hydrogen) atoms. The quantitative estimate of drug-likeness (QED) is 0.724. The molecule has 0 spiro atoms. The van der Waals surface area contributed by atoms with Crippen molar-refractivity contribution in [3.63, 3.8) is 0 Å². The Morgan fingerprint density at radius 1 is 1.08 bits per heavy atom. The molecule has 6 nitrogen and oxygen atoms in total. The first kappa shape index (κ1) is 16.4. The number of hydrogen-bond donors (Lipinski definition) is 1. The van der Waals surface area contributed by atoms with Crippen molar-refractivity contribution in [1.29, 1.82) is 0 Å². The molecule has 0 atom stereocenters. The van der Waals surface area contributed by atoms with Crippen molar-refractivity contribution in [1.82, 2.24) is 9.97 Å². The van der Waals surface area contributed by atoms with Gasteiger partial charge in [-0.3, -0.25) is 9.78 Å². The maximum Gasteiger partial charge on any atom is 0.248 e. The van der Waals surface area contributed by atoms with Crippen LogP contribution in [0.2, 0.25) is 0 Å². The minimum absolute atomic E-state index is 0.293. The van der Waals surface area contributed by atoms with Crippen LogP contribution in [-0.2, 0) is 4.79 Å². The Kier molecular flexibility index (Phi) is 4.89. The van der Waals surface area contributed by atoms with Crippen LogP contribution in [0.4, 0.5) is 5.69 Å². The number of fused-ring (bicyclic) bond motifs is 1. The molecule has 0 aliphatic carbocycles. The number of rotatable bonds is 5. The average Bonchev–Trinajstić information content (AvgIpc) is 2.66. The number of para-hydroxylation sites is 2. The van der Waals surface area contributed by atoms with Crippen LogP contribution in [0, 0.1) is 0 Å². The Labute approximate surface area is 145 Å². The van der Waals surface area contributed by atoms with Crippen molar-refractivity contribution < 1.29 is 14.3 Å². The number of carbonyl (C=O) groups is 1. The van der Waals surface area contributed by atoms with Crippen molar-refractivity contribution in [2.24, 2.45) is 0 Å². The molecule has 0 aliphatic rings. The van der Waals surface area contributed by atoms with Gasteiger partial charge in [-0.25, -0.2) is 4.98 Å². The number of nitrogens with one attached hydrogen (secondary N) is 1. The molecule has 0 saturated heterocycles. The number of ether oxygens (including phenoxy) is 2. The van der Waals surface area contributed by atoms with Crippen molar-refractivity contribution in [3.05, 3.63) is 60.4 Å². The molecular formula is C19H17N3O3. The van der Waals surface area contributed by atoms with E-state index in [0.717, 1.165) is 11.0 Å². The van der Waals surface area contributed by atoms with E-state index >= 15 is 0 Å². The molecular weight excluding hydrogens is 318 g/mol. The summed E-state index contributed by atoms with van der Waals surface area (Å²) < 4.78 is 10.4. The van der Waals surface area contributed by atoms with Gasteiger partial charge < -0.3 is 14.8 Å². The zero-order valence-electron chi connectivity index (χ0n) is 13.9. The molecule has 0 unspecified atom stereocenters. The molecule has 1 aromatic heterocycles. The predicted molar refractivity (Wildman–Crippen MR) is 96.7 cm³/mol. The molecule has 3 aromatic rings. The minimum atomic E-state index is -0.293. The summed E-state index contributed by atoms with van der Waals surface area (Å²) in [5, 5.41) is 2.77. The first-order valence-corrected chi connectivity index (χ1v) is 7.62. The van der Waals surface area contributed by atoms with Crippen molar-refractivity contribution in [3.8, 4) is 11.5 Å². The lowest BCUT2D eigenvalue weighted by Crippen LogP contribution is -2.09. The summed E-state index contributed by atoms with van der Waals surface area (Å²) in [5.41, 5.74) is 2.76. The normalized spacial score (nSPS) is 10.8. The van der Waals surface area contributed by atoms with E-state index in [1.54, 1.807) is 37.6 Å². The smallest absolute Gasteiger partial charge is 0.248 e. The molecule has 0 saturated carbocycles. The fraction of sp³-hybridized carbons (Fsp3) is 0.105. The second kappa shape index (κ2) is 7.44. The van der Waals surface area contributed by atoms with Gasteiger partial charge in [0.25, 0.3) is 0 Å². The number of hydrogen-bond acceptors (Lipinski definition) is 5. The predicted octanol–water partition coefficient (Wildman–Crippen LogP) is 3.30. The van der Waals surface area contributed by atoms with E-state index in [4.69, 9.17) is 9.47 Å². The van der Waals surface area contributed by atoms with Crippen LogP contribution in [0.25, 0.3) is 17.1 Å². The van der Waals surface area contributed by atoms with Gasteiger partial charge >= 0.3 is 0 Å². The van der Waals surface area contributed by atoms with Gasteiger partial charge in [0.1, 0.15) is 11.5 Å². The van der Waals surface area contributed by atoms with Crippen LogP contribution < -0.4 is 14.8 Å². The highest BCUT2D eigenvalue weighted by Crippen LogP contribution is 2.28. The van der Waals surface area contributed by atoms with E-state index in [9.17, 15) is 4.79 Å². The number of aromatic nitrogens is 2. The van der Waals surface area contributed by atoms with Gasteiger partial charge in [0.05, 0.1) is 42.8 Å². The van der Waals surface area contributed by atoms with Gasteiger partial charge in [0.15, 0.2) is 0 Å². The lowest BCUT2D eigenvalue weighted by Gasteiger charge is -2.10. The van der Waals surface area contributed by atoms with Crippen LogP contribution in [-0.4, -0.2) is 30.1 Å². The van der Waals surface area contributed by atoms with Crippen LogP contribution in [0.1, 0.15) is 5.69 Å². The first-order chi connectivity index (χ1) is 12.2. The highest BCUT2D eigenvalue weighted by molar-refractivity contribution is 6.02. The van der Waals surface area contributed by atoms with Crippen LogP contribution >= 0.6 is 0 Å². The number of nitrogens with zero attached hydrogens (tertiary/aromatic N) is 2. The third-order valence-corrected chi connectivity index (χ3v) is 3.54. The Balaban J connectivity index is 1.74. The maximum atomic E-state index is 12.1. The number of anilines is 1. The molecule has 3 rings (SSSR count). The summed E-state index contributed by atoms with van der Waals surface area (Å²) in [4.78, 5) is 20.9. The van der Waals surface area contributed by atoms with Gasteiger partial charge in [-0.05, 0) is 30.3 Å². The zero-order valence-corrected chi connectivity index (χ0v) is 13.9. The molecule has 1 heterocycles. The molecule has 1 amide bonds. The van der Waals surface area contributed by atoms with Crippen LogP contribution in [0.15, 0.2) is 54.7 Å². The number of amides is 1. The second-order valence-corrected chi connectivity index (χ2v) is 5.17. The fourth-order valence-electron chi connectivity index (χ4n) is 2.29. The monoisotopic (exact) mass is 335 g/mol. The van der Waals surface area contributed by atoms with Gasteiger partial charge in [-0.1, -0.05) is 12.1 Å². The lowest BCUT2D eigenvalue weighted by atomic mass is 10.2. The molecule has 0 bridgehead atoms. The molecule has 0 radical (unpaired) electrons. The van der Waals surface area contributed by atoms with Crippen molar-refractivity contribution in [2.45, 2.75) is 0 Å². The van der Waals surface area contributed by atoms with Crippen LogP contribution in [0.5, 0.6) is 11.5 Å². The summed E-state index contributed by atoms with van der Waals surface area (Å²) in [6.07, 6.45) is 4.65. The van der Waals surface area contributed by atoms with E-state index in [1.807, 2.05) is 24.3 Å². The SMILES string of the molecule is COc1ccc(NC(=O)C=Cc2cnc3ccccc3n2)c(OC)c1. The van der Waals surface area contributed by atoms with E-state index in [-0.39, 0.29) is 5.91 Å². The van der Waals surface area contributed by atoms with Gasteiger partial charge in [0.2, 0.25) is 5.91 Å². The Morgan fingerprint density at radius 2 is 1.88 bits per heavy atom. The van der Waals surface area contributed by atoms with Crippen LogP contribution in [0.3, 0.4) is 0 Å². The maximum absolute atomic E-state index is 12.1. The first-order valence-electron chi connectivity index (χ1n) is 7.62. The Morgan fingerprint density at radius 3 is 2.64 bits per heavy atom. The number of methoxy groups -OCH3 is 2. The molecule has 2 aromatic carbocycles. The third kappa shape index (κ3) is 3.92. The minimum Gasteiger partial charge on any atom is -0.497 e. The topological polar surface area (TPSA) is 73.3 Å². The third-order valence-electron chi connectivity index (χ3n) is 3.54.